The third kappa shape index (κ3) is 2.91. The van der Waals surface area contributed by atoms with Gasteiger partial charge in [0.2, 0.25) is 0 Å². The number of benzene rings is 2. The van der Waals surface area contributed by atoms with Gasteiger partial charge in [0.25, 0.3) is 0 Å². The summed E-state index contributed by atoms with van der Waals surface area (Å²) in [5, 5.41) is 19.8. The van der Waals surface area contributed by atoms with Crippen LogP contribution in [-0.2, 0) is 11.8 Å². The molecule has 0 saturated heterocycles. The maximum atomic E-state index is 10.4. The van der Waals surface area contributed by atoms with Crippen LogP contribution in [0.3, 0.4) is 0 Å². The van der Waals surface area contributed by atoms with Crippen LogP contribution in [0.5, 0.6) is 17.2 Å². The van der Waals surface area contributed by atoms with Gasteiger partial charge in [-0.15, -0.1) is 6.58 Å². The summed E-state index contributed by atoms with van der Waals surface area (Å²) in [5.74, 6) is 1.22. The van der Waals surface area contributed by atoms with Crippen molar-refractivity contribution in [1.29, 1.82) is 0 Å². The van der Waals surface area contributed by atoms with E-state index in [1.807, 2.05) is 38.1 Å². The van der Waals surface area contributed by atoms with Crippen LogP contribution in [0.4, 0.5) is 0 Å². The largest absolute Gasteiger partial charge is 0.508 e. The number of ether oxygens (including phenoxy) is 1. The van der Waals surface area contributed by atoms with E-state index in [0.29, 0.717) is 0 Å². The summed E-state index contributed by atoms with van der Waals surface area (Å²) in [6.45, 7) is 7.92. The van der Waals surface area contributed by atoms with Gasteiger partial charge < -0.3 is 14.9 Å². The van der Waals surface area contributed by atoms with Crippen molar-refractivity contribution in [2.75, 3.05) is 0 Å². The first-order chi connectivity index (χ1) is 10.9. The van der Waals surface area contributed by atoms with Gasteiger partial charge in [0.05, 0.1) is 0 Å². The number of aryl methyl sites for hydroxylation is 1. The maximum absolute atomic E-state index is 10.4. The molecule has 0 aromatic heterocycles. The van der Waals surface area contributed by atoms with Crippen LogP contribution < -0.4 is 4.74 Å². The lowest BCUT2D eigenvalue weighted by atomic mass is 9.82. The maximum Gasteiger partial charge on any atom is 0.127 e. The standard InChI is InChI=1S/C20H22O3/c1-4-20(2,3)16-11-14-7-10-18(23-19(14)12-17(16)22)13-5-8-15(21)9-6-13/h4-6,8-9,11-12,18,21-22H,1,7,10H2,2-3H3. The lowest BCUT2D eigenvalue weighted by Crippen LogP contribution is -2.18. The molecule has 2 aromatic rings. The van der Waals surface area contributed by atoms with E-state index < -0.39 is 0 Å². The fourth-order valence-electron chi connectivity index (χ4n) is 2.97. The van der Waals surface area contributed by atoms with Gasteiger partial charge in [0, 0.05) is 17.0 Å². The average Bonchev–Trinajstić information content (AvgIpc) is 2.54. The van der Waals surface area contributed by atoms with Crippen molar-refractivity contribution in [2.45, 2.75) is 38.2 Å². The molecule has 3 rings (SSSR count). The Morgan fingerprint density at radius 2 is 1.87 bits per heavy atom. The predicted octanol–water partition coefficient (Wildman–Crippen LogP) is 4.63. The Morgan fingerprint density at radius 3 is 2.52 bits per heavy atom. The van der Waals surface area contributed by atoms with Gasteiger partial charge in [-0.05, 0) is 42.2 Å². The van der Waals surface area contributed by atoms with Crippen molar-refractivity contribution in [3.63, 3.8) is 0 Å². The van der Waals surface area contributed by atoms with Gasteiger partial charge in [-0.1, -0.05) is 32.1 Å². The zero-order valence-corrected chi connectivity index (χ0v) is 13.5. The molecule has 0 spiro atoms. The number of phenolic OH excluding ortho intramolecular Hbond substituents is 2. The third-order valence-electron chi connectivity index (χ3n) is 4.59. The molecule has 2 N–H and O–H groups in total. The van der Waals surface area contributed by atoms with Crippen LogP contribution >= 0.6 is 0 Å². The molecule has 3 nitrogen and oxygen atoms in total. The Labute approximate surface area is 136 Å². The first kappa shape index (κ1) is 15.5. The van der Waals surface area contributed by atoms with E-state index >= 15 is 0 Å². The summed E-state index contributed by atoms with van der Waals surface area (Å²) in [7, 11) is 0. The number of hydrogen-bond acceptors (Lipinski definition) is 3. The molecule has 1 unspecified atom stereocenters. The number of phenols is 2. The van der Waals surface area contributed by atoms with E-state index in [4.69, 9.17) is 4.74 Å². The summed E-state index contributed by atoms with van der Waals surface area (Å²) in [5.41, 5.74) is 2.73. The van der Waals surface area contributed by atoms with Crippen molar-refractivity contribution < 1.29 is 14.9 Å². The highest BCUT2D eigenvalue weighted by atomic mass is 16.5. The van der Waals surface area contributed by atoms with Crippen LogP contribution in [0, 0.1) is 0 Å². The number of hydrogen-bond donors (Lipinski definition) is 2. The van der Waals surface area contributed by atoms with Gasteiger partial charge in [0.15, 0.2) is 0 Å². The predicted molar refractivity (Wildman–Crippen MR) is 91.1 cm³/mol. The quantitative estimate of drug-likeness (QED) is 0.813. The number of fused-ring (bicyclic) bond motifs is 1. The topological polar surface area (TPSA) is 49.7 Å². The summed E-state index contributed by atoms with van der Waals surface area (Å²) < 4.78 is 6.07. The van der Waals surface area contributed by atoms with E-state index in [9.17, 15) is 10.2 Å². The van der Waals surface area contributed by atoms with Crippen molar-refractivity contribution in [3.8, 4) is 17.2 Å². The van der Waals surface area contributed by atoms with Gasteiger partial charge in [-0.2, -0.15) is 0 Å². The molecule has 1 aliphatic rings. The highest BCUT2D eigenvalue weighted by Crippen LogP contribution is 2.42. The molecule has 0 saturated carbocycles. The van der Waals surface area contributed by atoms with E-state index in [1.54, 1.807) is 18.2 Å². The van der Waals surface area contributed by atoms with E-state index in [2.05, 4.69) is 6.58 Å². The Balaban J connectivity index is 1.91. The molecule has 1 heterocycles. The second kappa shape index (κ2) is 5.65. The summed E-state index contributed by atoms with van der Waals surface area (Å²) in [6.07, 6.45) is 3.55. The summed E-state index contributed by atoms with van der Waals surface area (Å²) >= 11 is 0. The Bertz CT molecular complexity index is 729. The minimum atomic E-state index is -0.285. The summed E-state index contributed by atoms with van der Waals surface area (Å²) in [6, 6.07) is 10.8. The molecule has 1 atom stereocenters. The fourth-order valence-corrected chi connectivity index (χ4v) is 2.97. The van der Waals surface area contributed by atoms with Crippen molar-refractivity contribution in [1.82, 2.24) is 0 Å². The Morgan fingerprint density at radius 1 is 1.17 bits per heavy atom. The van der Waals surface area contributed by atoms with Crippen LogP contribution in [0.2, 0.25) is 0 Å². The SMILES string of the molecule is C=CC(C)(C)c1cc2c(cc1O)OC(c1ccc(O)cc1)CC2. The lowest BCUT2D eigenvalue weighted by Gasteiger charge is -2.29. The van der Waals surface area contributed by atoms with Crippen LogP contribution in [0.25, 0.3) is 0 Å². The molecule has 0 bridgehead atoms. The van der Waals surface area contributed by atoms with Crippen molar-refractivity contribution >= 4 is 0 Å². The Hall–Kier alpha value is -2.42. The molecule has 0 fully saturated rings. The molecule has 120 valence electrons. The molecule has 0 amide bonds. The Kier molecular flexibility index (Phi) is 3.80. The normalized spacial score (nSPS) is 17.2. The second-order valence-corrected chi connectivity index (χ2v) is 6.64. The molecular weight excluding hydrogens is 288 g/mol. The van der Waals surface area contributed by atoms with Crippen LogP contribution in [0.1, 0.15) is 43.1 Å². The second-order valence-electron chi connectivity index (χ2n) is 6.64. The minimum absolute atomic E-state index is 0.0548. The minimum Gasteiger partial charge on any atom is -0.508 e. The highest BCUT2D eigenvalue weighted by Gasteiger charge is 2.27. The lowest BCUT2D eigenvalue weighted by molar-refractivity contribution is 0.175. The molecule has 1 aliphatic heterocycles. The average molecular weight is 310 g/mol. The number of rotatable bonds is 3. The molecule has 0 aliphatic carbocycles. The van der Waals surface area contributed by atoms with Crippen molar-refractivity contribution in [3.05, 3.63) is 65.7 Å². The summed E-state index contributed by atoms with van der Waals surface area (Å²) in [4.78, 5) is 0. The smallest absolute Gasteiger partial charge is 0.127 e. The van der Waals surface area contributed by atoms with Crippen LogP contribution in [0.15, 0.2) is 49.1 Å². The zero-order chi connectivity index (χ0) is 16.6. The van der Waals surface area contributed by atoms with Crippen molar-refractivity contribution in [2.24, 2.45) is 0 Å². The van der Waals surface area contributed by atoms with Gasteiger partial charge in [-0.25, -0.2) is 0 Å². The molecule has 2 aromatic carbocycles. The van der Waals surface area contributed by atoms with E-state index in [-0.39, 0.29) is 23.0 Å². The van der Waals surface area contributed by atoms with E-state index in [0.717, 1.165) is 35.3 Å². The fraction of sp³-hybridized carbons (Fsp3) is 0.300. The zero-order valence-electron chi connectivity index (χ0n) is 13.5. The first-order valence-electron chi connectivity index (χ1n) is 7.86. The van der Waals surface area contributed by atoms with E-state index in [1.165, 1.54) is 0 Å². The number of allylic oxidation sites excluding steroid dienone is 1. The van der Waals surface area contributed by atoms with Gasteiger partial charge in [-0.3, -0.25) is 0 Å². The van der Waals surface area contributed by atoms with Gasteiger partial charge in [0.1, 0.15) is 23.4 Å². The monoisotopic (exact) mass is 310 g/mol. The highest BCUT2D eigenvalue weighted by molar-refractivity contribution is 5.51. The molecular formula is C20H22O3. The molecule has 3 heteroatoms. The first-order valence-corrected chi connectivity index (χ1v) is 7.86. The molecule has 23 heavy (non-hydrogen) atoms. The molecule has 0 radical (unpaired) electrons. The third-order valence-corrected chi connectivity index (χ3v) is 4.59. The van der Waals surface area contributed by atoms with Gasteiger partial charge >= 0.3 is 0 Å². The number of aromatic hydroxyl groups is 2. The van der Waals surface area contributed by atoms with Crippen LogP contribution in [-0.4, -0.2) is 10.2 Å².